The molecule has 0 saturated heterocycles. The van der Waals surface area contributed by atoms with Gasteiger partial charge < -0.3 is 10.7 Å². The van der Waals surface area contributed by atoms with Gasteiger partial charge in [0.05, 0.1) is 6.04 Å². The van der Waals surface area contributed by atoms with Crippen molar-refractivity contribution in [2.24, 2.45) is 0 Å². The average Bonchev–Trinajstić information content (AvgIpc) is 3.17. The molecule has 0 unspecified atom stereocenters. The van der Waals surface area contributed by atoms with Gasteiger partial charge >= 0.3 is 0 Å². The molecule has 0 radical (unpaired) electrons. The second-order valence-electron chi connectivity index (χ2n) is 7.21. The number of carbonyl (C=O) groups excluding carboxylic acids is 1. The van der Waals surface area contributed by atoms with Crippen LogP contribution in [0.5, 0.6) is 0 Å². The number of hydrogen-bond donors (Lipinski definition) is 2. The Labute approximate surface area is 175 Å². The third-order valence-corrected chi connectivity index (χ3v) is 6.21. The van der Waals surface area contributed by atoms with Crippen molar-refractivity contribution < 1.29 is 4.79 Å². The van der Waals surface area contributed by atoms with E-state index in [-0.39, 0.29) is 17.2 Å². The third kappa shape index (κ3) is 4.15. The zero-order valence-corrected chi connectivity index (χ0v) is 17.4. The summed E-state index contributed by atoms with van der Waals surface area (Å²) in [6.45, 7) is 4.87. The summed E-state index contributed by atoms with van der Waals surface area (Å²) in [6, 6.07) is 18.1. The molecule has 29 heavy (non-hydrogen) atoms. The lowest BCUT2D eigenvalue weighted by atomic mass is 10.0. The first-order valence-corrected chi connectivity index (χ1v) is 10.8. The maximum atomic E-state index is 13.0. The summed E-state index contributed by atoms with van der Waals surface area (Å²) < 4.78 is 1.90. The first-order chi connectivity index (χ1) is 14.2. The standard InChI is InChI=1S/C22H25N5OS/c1-3-4-14-23-21(28)19-18(16-12-10-15(2)11-13-16)26-27-20(24-25-22(27)29-19)17-8-6-5-7-9-17/h5-13,18-19,26H,3-4,14H2,1-2H3,(H,23,28)/t18-,19+/m1/s1. The molecular weight excluding hydrogens is 382 g/mol. The van der Waals surface area contributed by atoms with Crippen LogP contribution in [0.4, 0.5) is 0 Å². The summed E-state index contributed by atoms with van der Waals surface area (Å²) in [5, 5.41) is 12.2. The van der Waals surface area contributed by atoms with Crippen LogP contribution in [0, 0.1) is 6.92 Å². The highest BCUT2D eigenvalue weighted by atomic mass is 32.2. The Balaban J connectivity index is 1.68. The zero-order valence-electron chi connectivity index (χ0n) is 16.6. The Morgan fingerprint density at radius 1 is 1.14 bits per heavy atom. The Hall–Kier alpha value is -2.80. The van der Waals surface area contributed by atoms with Crippen LogP contribution in [0.1, 0.15) is 36.9 Å². The number of aryl methyl sites for hydroxylation is 1. The van der Waals surface area contributed by atoms with Gasteiger partial charge in [0, 0.05) is 12.1 Å². The lowest BCUT2D eigenvalue weighted by molar-refractivity contribution is -0.120. The summed E-state index contributed by atoms with van der Waals surface area (Å²) >= 11 is 1.46. The molecule has 4 rings (SSSR count). The fraction of sp³-hybridized carbons (Fsp3) is 0.318. The summed E-state index contributed by atoms with van der Waals surface area (Å²) in [7, 11) is 0. The molecule has 3 aromatic rings. The number of fused-ring (bicyclic) bond motifs is 1. The molecule has 150 valence electrons. The molecule has 0 fully saturated rings. The molecule has 6 nitrogen and oxygen atoms in total. The number of aromatic nitrogens is 3. The van der Waals surface area contributed by atoms with Gasteiger partial charge in [-0.1, -0.05) is 85.3 Å². The molecule has 1 aromatic heterocycles. The molecule has 1 aliphatic rings. The number of carbonyl (C=O) groups is 1. The van der Waals surface area contributed by atoms with Crippen molar-refractivity contribution in [3.05, 3.63) is 65.7 Å². The topological polar surface area (TPSA) is 71.8 Å². The number of amides is 1. The van der Waals surface area contributed by atoms with E-state index in [9.17, 15) is 4.79 Å². The summed E-state index contributed by atoms with van der Waals surface area (Å²) in [6.07, 6.45) is 2.02. The number of rotatable bonds is 6. The minimum absolute atomic E-state index is 0.0250. The molecule has 2 atom stereocenters. The number of thioether (sulfide) groups is 1. The van der Waals surface area contributed by atoms with E-state index in [1.54, 1.807) is 0 Å². The van der Waals surface area contributed by atoms with Gasteiger partial charge in [-0.05, 0) is 18.9 Å². The van der Waals surface area contributed by atoms with Crippen LogP contribution >= 0.6 is 11.8 Å². The fourth-order valence-electron chi connectivity index (χ4n) is 3.34. The third-order valence-electron chi connectivity index (χ3n) is 4.99. The Morgan fingerprint density at radius 2 is 1.90 bits per heavy atom. The van der Waals surface area contributed by atoms with E-state index in [1.165, 1.54) is 17.3 Å². The number of unbranched alkanes of at least 4 members (excludes halogenated alkanes) is 1. The van der Waals surface area contributed by atoms with Gasteiger partial charge in [-0.25, -0.2) is 4.68 Å². The summed E-state index contributed by atoms with van der Waals surface area (Å²) in [4.78, 5) is 13.0. The van der Waals surface area contributed by atoms with Crippen LogP contribution in [-0.2, 0) is 4.79 Å². The number of benzene rings is 2. The van der Waals surface area contributed by atoms with Gasteiger partial charge in [0.15, 0.2) is 5.82 Å². The minimum atomic E-state index is -0.324. The summed E-state index contributed by atoms with van der Waals surface area (Å²) in [5.41, 5.74) is 6.75. The fourth-order valence-corrected chi connectivity index (χ4v) is 4.45. The van der Waals surface area contributed by atoms with Crippen LogP contribution < -0.4 is 10.7 Å². The van der Waals surface area contributed by atoms with E-state index < -0.39 is 0 Å². The number of nitrogens with one attached hydrogen (secondary N) is 2. The van der Waals surface area contributed by atoms with Crippen molar-refractivity contribution in [2.75, 3.05) is 12.0 Å². The zero-order chi connectivity index (χ0) is 20.2. The van der Waals surface area contributed by atoms with E-state index in [1.807, 2.05) is 35.0 Å². The van der Waals surface area contributed by atoms with Gasteiger partial charge in [-0.2, -0.15) is 0 Å². The molecule has 1 amide bonds. The predicted octanol–water partition coefficient (Wildman–Crippen LogP) is 3.93. The van der Waals surface area contributed by atoms with Gasteiger partial charge in [0.25, 0.3) is 0 Å². The normalized spacial score (nSPS) is 18.0. The van der Waals surface area contributed by atoms with E-state index in [0.29, 0.717) is 11.7 Å². The van der Waals surface area contributed by atoms with Crippen LogP contribution in [0.25, 0.3) is 11.4 Å². The van der Waals surface area contributed by atoms with E-state index >= 15 is 0 Å². The summed E-state index contributed by atoms with van der Waals surface area (Å²) in [5.74, 6) is 0.770. The van der Waals surface area contributed by atoms with E-state index in [0.717, 1.165) is 29.8 Å². The van der Waals surface area contributed by atoms with Gasteiger partial charge in [-0.3, -0.25) is 4.79 Å². The lowest BCUT2D eigenvalue weighted by Gasteiger charge is -2.33. The van der Waals surface area contributed by atoms with Crippen LogP contribution in [-0.4, -0.2) is 32.6 Å². The first-order valence-electron chi connectivity index (χ1n) is 9.95. The molecular formula is C22H25N5OS. The Kier molecular flexibility index (Phi) is 5.85. The minimum Gasteiger partial charge on any atom is -0.355 e. The second kappa shape index (κ2) is 8.69. The number of nitrogens with zero attached hydrogens (tertiary/aromatic N) is 3. The van der Waals surface area contributed by atoms with Crippen molar-refractivity contribution in [1.82, 2.24) is 20.2 Å². The van der Waals surface area contributed by atoms with Gasteiger partial charge in [0.1, 0.15) is 5.25 Å². The Morgan fingerprint density at radius 3 is 2.62 bits per heavy atom. The van der Waals surface area contributed by atoms with Crippen molar-refractivity contribution in [3.8, 4) is 11.4 Å². The quantitative estimate of drug-likeness (QED) is 0.606. The molecule has 2 heterocycles. The van der Waals surface area contributed by atoms with Crippen LogP contribution in [0.3, 0.4) is 0 Å². The van der Waals surface area contributed by atoms with Gasteiger partial charge in [-0.15, -0.1) is 10.2 Å². The smallest absolute Gasteiger partial charge is 0.236 e. The molecule has 0 bridgehead atoms. The number of hydrogen-bond acceptors (Lipinski definition) is 5. The molecule has 2 aromatic carbocycles. The van der Waals surface area contributed by atoms with Crippen LogP contribution in [0.15, 0.2) is 59.8 Å². The monoisotopic (exact) mass is 407 g/mol. The highest BCUT2D eigenvalue weighted by Gasteiger charge is 2.37. The molecule has 7 heteroatoms. The second-order valence-corrected chi connectivity index (χ2v) is 8.32. The largest absolute Gasteiger partial charge is 0.355 e. The molecule has 0 aliphatic carbocycles. The van der Waals surface area contributed by atoms with Crippen molar-refractivity contribution in [1.29, 1.82) is 0 Å². The maximum absolute atomic E-state index is 13.0. The highest BCUT2D eigenvalue weighted by Crippen LogP contribution is 2.38. The average molecular weight is 408 g/mol. The van der Waals surface area contributed by atoms with Crippen molar-refractivity contribution in [3.63, 3.8) is 0 Å². The molecule has 0 saturated carbocycles. The molecule has 1 aliphatic heterocycles. The Bertz CT molecular complexity index is 971. The maximum Gasteiger partial charge on any atom is 0.236 e. The van der Waals surface area contributed by atoms with E-state index in [2.05, 4.69) is 59.1 Å². The molecule has 2 N–H and O–H groups in total. The predicted molar refractivity (Wildman–Crippen MR) is 116 cm³/mol. The molecule has 0 spiro atoms. The van der Waals surface area contributed by atoms with Crippen molar-refractivity contribution >= 4 is 17.7 Å². The first kappa shape index (κ1) is 19.5. The SMILES string of the molecule is CCCCNC(=O)[C@H]1Sc2nnc(-c3ccccc3)n2N[C@@H]1c1ccc(C)cc1. The van der Waals surface area contributed by atoms with Gasteiger partial charge in [0.2, 0.25) is 11.1 Å². The highest BCUT2D eigenvalue weighted by molar-refractivity contribution is 8.00. The van der Waals surface area contributed by atoms with E-state index in [4.69, 9.17) is 0 Å². The van der Waals surface area contributed by atoms with Crippen molar-refractivity contribution in [2.45, 2.75) is 43.1 Å². The lowest BCUT2D eigenvalue weighted by Crippen LogP contribution is -2.44. The van der Waals surface area contributed by atoms with Crippen LogP contribution in [0.2, 0.25) is 0 Å².